The number of hydrogen-bond donors (Lipinski definition) is 3. The van der Waals surface area contributed by atoms with Gasteiger partial charge in [-0.15, -0.1) is 0 Å². The van der Waals surface area contributed by atoms with Gasteiger partial charge in [0.25, 0.3) is 5.91 Å². The summed E-state index contributed by atoms with van der Waals surface area (Å²) in [4.78, 5) is 14.1. The molecule has 2 rings (SSSR count). The summed E-state index contributed by atoms with van der Waals surface area (Å²) >= 11 is 0.711. The van der Waals surface area contributed by atoms with Gasteiger partial charge in [-0.05, 0) is 37.3 Å². The van der Waals surface area contributed by atoms with E-state index in [0.717, 1.165) is 24.8 Å². The fourth-order valence-electron chi connectivity index (χ4n) is 2.92. The minimum atomic E-state index is -0.0944. The van der Waals surface area contributed by atoms with Gasteiger partial charge in [-0.2, -0.15) is 0 Å². The highest BCUT2D eigenvalue weighted by Gasteiger charge is 2.26. The number of rotatable bonds is 5. The Morgan fingerprint density at radius 2 is 2.18 bits per heavy atom. The molecule has 0 aromatic carbocycles. The Hall–Kier alpha value is -1.73. The van der Waals surface area contributed by atoms with E-state index in [-0.39, 0.29) is 5.91 Å². The van der Waals surface area contributed by atoms with Gasteiger partial charge in [0.05, 0.1) is 5.57 Å². The van der Waals surface area contributed by atoms with Gasteiger partial charge in [-0.1, -0.05) is 0 Å². The lowest BCUT2D eigenvalue weighted by Crippen LogP contribution is -2.39. The molecule has 0 atom stereocenters. The van der Waals surface area contributed by atoms with Crippen molar-refractivity contribution in [1.82, 2.24) is 14.2 Å². The number of nitrogens with one attached hydrogen (secondary N) is 2. The fraction of sp³-hybridized carbons (Fsp3) is 0.467. The highest BCUT2D eigenvalue weighted by atomic mass is 32.2. The molecule has 1 aromatic heterocycles. The summed E-state index contributed by atoms with van der Waals surface area (Å²) in [7, 11) is 1.72. The van der Waals surface area contributed by atoms with Crippen LogP contribution in [0.4, 0.5) is 0 Å². The van der Waals surface area contributed by atoms with Crippen LogP contribution < -0.4 is 5.32 Å². The second-order valence-electron chi connectivity index (χ2n) is 5.36. The number of amides is 1. The monoisotopic (exact) mass is 322 g/mol. The largest absolute Gasteiger partial charge is 0.393 e. The van der Waals surface area contributed by atoms with Crippen molar-refractivity contribution in [3.05, 3.63) is 35.3 Å². The van der Waals surface area contributed by atoms with Crippen molar-refractivity contribution in [2.24, 2.45) is 0 Å². The maximum Gasteiger partial charge on any atom is 0.256 e. The van der Waals surface area contributed by atoms with Crippen LogP contribution in [0.3, 0.4) is 0 Å². The number of aromatic nitrogens is 1. The third kappa shape index (κ3) is 3.36. The molecule has 1 aliphatic rings. The van der Waals surface area contributed by atoms with Crippen LogP contribution >= 0.6 is 12.2 Å². The number of carbonyl (C=O) groups is 1. The SMILES string of the molecule is CN/C=C(\C=N)C(=O)N1CCC(c2ccn(SO)c2C)CC1. The lowest BCUT2D eigenvalue weighted by atomic mass is 9.89. The molecule has 7 heteroatoms. The Bertz CT molecular complexity index is 574. The lowest BCUT2D eigenvalue weighted by Gasteiger charge is -2.32. The highest BCUT2D eigenvalue weighted by molar-refractivity contribution is 7.92. The quantitative estimate of drug-likeness (QED) is 0.441. The van der Waals surface area contributed by atoms with Crippen molar-refractivity contribution >= 4 is 24.4 Å². The summed E-state index contributed by atoms with van der Waals surface area (Å²) in [6, 6.07) is 2.05. The Labute approximate surface area is 135 Å². The maximum absolute atomic E-state index is 12.3. The van der Waals surface area contributed by atoms with Crippen LogP contribution in [0.1, 0.15) is 30.0 Å². The predicted molar refractivity (Wildman–Crippen MR) is 89.3 cm³/mol. The molecule has 6 nitrogen and oxygen atoms in total. The van der Waals surface area contributed by atoms with Gasteiger partial charge in [-0.3, -0.25) is 8.77 Å². The van der Waals surface area contributed by atoms with Crippen LogP contribution in [0.5, 0.6) is 0 Å². The summed E-state index contributed by atoms with van der Waals surface area (Å²) in [6.45, 7) is 3.38. The molecule has 1 saturated heterocycles. The molecule has 3 N–H and O–H groups in total. The Balaban J connectivity index is 2.01. The molecular weight excluding hydrogens is 300 g/mol. The number of likely N-dealkylation sites (tertiary alicyclic amines) is 1. The van der Waals surface area contributed by atoms with Crippen molar-refractivity contribution < 1.29 is 9.35 Å². The topological polar surface area (TPSA) is 81.4 Å². The zero-order valence-electron chi connectivity index (χ0n) is 12.9. The van der Waals surface area contributed by atoms with Crippen molar-refractivity contribution in [3.8, 4) is 0 Å². The van der Waals surface area contributed by atoms with Gasteiger partial charge in [-0.25, -0.2) is 0 Å². The molecule has 0 saturated carbocycles. The van der Waals surface area contributed by atoms with Crippen molar-refractivity contribution in [2.45, 2.75) is 25.7 Å². The molecule has 1 aliphatic heterocycles. The third-order valence-electron chi connectivity index (χ3n) is 4.15. The van der Waals surface area contributed by atoms with E-state index in [4.69, 9.17) is 5.41 Å². The zero-order chi connectivity index (χ0) is 16.1. The Kier molecular flexibility index (Phi) is 5.68. The maximum atomic E-state index is 12.3. The van der Waals surface area contributed by atoms with Gasteiger partial charge in [0.1, 0.15) is 12.2 Å². The van der Waals surface area contributed by atoms with Gasteiger partial charge in [0, 0.05) is 44.4 Å². The van der Waals surface area contributed by atoms with Crippen molar-refractivity contribution in [3.63, 3.8) is 0 Å². The van der Waals surface area contributed by atoms with Gasteiger partial charge >= 0.3 is 0 Å². The second kappa shape index (κ2) is 7.51. The molecule has 22 heavy (non-hydrogen) atoms. The first-order chi connectivity index (χ1) is 10.6. The molecule has 0 spiro atoms. The number of nitrogens with zero attached hydrogens (tertiary/aromatic N) is 2. The minimum absolute atomic E-state index is 0.0944. The third-order valence-corrected chi connectivity index (χ3v) is 4.72. The van der Waals surface area contributed by atoms with Gasteiger partial charge in [0.15, 0.2) is 0 Å². The van der Waals surface area contributed by atoms with E-state index in [2.05, 4.69) is 5.32 Å². The van der Waals surface area contributed by atoms with E-state index in [0.29, 0.717) is 36.8 Å². The van der Waals surface area contributed by atoms with Crippen molar-refractivity contribution in [1.29, 1.82) is 5.41 Å². The van der Waals surface area contributed by atoms with Crippen LogP contribution in [0.15, 0.2) is 24.0 Å². The average molecular weight is 322 g/mol. The summed E-state index contributed by atoms with van der Waals surface area (Å²) in [5.41, 5.74) is 2.68. The molecule has 1 amide bonds. The van der Waals surface area contributed by atoms with E-state index < -0.39 is 0 Å². The summed E-state index contributed by atoms with van der Waals surface area (Å²) in [5, 5.41) is 10.1. The first kappa shape index (κ1) is 16.6. The van der Waals surface area contributed by atoms with Gasteiger partial charge < -0.3 is 20.2 Å². The highest BCUT2D eigenvalue weighted by Crippen LogP contribution is 2.32. The Morgan fingerprint density at radius 3 is 2.68 bits per heavy atom. The molecule has 1 aromatic rings. The van der Waals surface area contributed by atoms with E-state index in [9.17, 15) is 9.35 Å². The van der Waals surface area contributed by atoms with E-state index in [1.807, 2.05) is 19.2 Å². The number of piperidine rings is 1. The minimum Gasteiger partial charge on any atom is -0.393 e. The van der Waals surface area contributed by atoms with Crippen LogP contribution in [0, 0.1) is 12.3 Å². The molecule has 0 bridgehead atoms. The van der Waals surface area contributed by atoms with Crippen LogP contribution in [0.25, 0.3) is 0 Å². The molecular formula is C15H22N4O2S. The van der Waals surface area contributed by atoms with Crippen molar-refractivity contribution in [2.75, 3.05) is 20.1 Å². The van der Waals surface area contributed by atoms with E-state index >= 15 is 0 Å². The standard InChI is InChI=1S/C15H22N4O2S/c1-11-14(5-8-19(11)22-21)12-3-6-18(7-4-12)15(20)13(9-16)10-17-2/h5,8-10,12,16-17,21H,3-4,6-7H2,1-2H3/b13-10+,16-9?. The molecule has 2 heterocycles. The van der Waals surface area contributed by atoms with E-state index in [1.54, 1.807) is 22.1 Å². The fourth-order valence-corrected chi connectivity index (χ4v) is 3.27. The normalized spacial score (nSPS) is 16.7. The van der Waals surface area contributed by atoms with Crippen LogP contribution in [0.2, 0.25) is 0 Å². The second-order valence-corrected chi connectivity index (χ2v) is 5.92. The first-order valence-corrected chi connectivity index (χ1v) is 8.02. The zero-order valence-corrected chi connectivity index (χ0v) is 13.7. The first-order valence-electron chi connectivity index (χ1n) is 7.29. The van der Waals surface area contributed by atoms with Crippen LogP contribution in [-0.4, -0.2) is 45.7 Å². The predicted octanol–water partition coefficient (Wildman–Crippen LogP) is 2.22. The summed E-state index contributed by atoms with van der Waals surface area (Å²) in [6.07, 6.45) is 6.32. The molecule has 0 unspecified atom stereocenters. The summed E-state index contributed by atoms with van der Waals surface area (Å²) < 4.78 is 10.9. The molecule has 120 valence electrons. The molecule has 0 radical (unpaired) electrons. The summed E-state index contributed by atoms with van der Waals surface area (Å²) in [5.74, 6) is 0.317. The molecule has 1 fully saturated rings. The van der Waals surface area contributed by atoms with Gasteiger partial charge in [0.2, 0.25) is 0 Å². The Morgan fingerprint density at radius 1 is 1.50 bits per heavy atom. The average Bonchev–Trinajstić information content (AvgIpc) is 2.93. The number of carbonyl (C=O) groups excluding carboxylic acids is 1. The molecule has 0 aliphatic carbocycles. The van der Waals surface area contributed by atoms with Crippen LogP contribution in [-0.2, 0) is 4.79 Å². The smallest absolute Gasteiger partial charge is 0.256 e. The number of hydrogen-bond acceptors (Lipinski definition) is 5. The van der Waals surface area contributed by atoms with E-state index in [1.165, 1.54) is 5.56 Å². The lowest BCUT2D eigenvalue weighted by molar-refractivity contribution is -0.127.